The molecule has 0 aliphatic carbocycles. The molecule has 4 atom stereocenters. The van der Waals surface area contributed by atoms with Gasteiger partial charge in [-0.15, -0.1) is 0 Å². The van der Waals surface area contributed by atoms with Crippen LogP contribution in [0.3, 0.4) is 0 Å². The number of benzene rings is 2. The predicted molar refractivity (Wildman–Crippen MR) is 190 cm³/mol. The van der Waals surface area contributed by atoms with Gasteiger partial charge in [0, 0.05) is 44.2 Å². The van der Waals surface area contributed by atoms with Gasteiger partial charge in [0.1, 0.15) is 35.6 Å². The van der Waals surface area contributed by atoms with Crippen LogP contribution in [0.15, 0.2) is 30.3 Å². The van der Waals surface area contributed by atoms with Crippen LogP contribution >= 0.6 is 0 Å². The number of pyridine rings is 1. The summed E-state index contributed by atoms with van der Waals surface area (Å²) >= 11 is 0. The molecule has 0 saturated carbocycles. The standard InChI is InChI=1S/C33H35F3N6O.2C2H6.CH4/c1-18-13-24-27-30(28(36)29(38-24)22-6-3-5-20-7-8-23(35)19(2)26(20)22)39-32(40-31(27)42-12-10-37-15-25(18)42)43-17-33-9-4-11-41(33)16-21(34)14-33;2*1-2;/h3,5-8,18,21,25,37H,4,9-17H2,1-2H3;2*1-2H3;1H4/t18-,21-,25+,33+;;;/m1.../s1. The lowest BCUT2D eigenvalue weighted by Gasteiger charge is -2.39. The van der Waals surface area contributed by atoms with Crippen molar-refractivity contribution < 1.29 is 17.9 Å². The molecule has 1 N–H and O–H groups in total. The summed E-state index contributed by atoms with van der Waals surface area (Å²) in [5.74, 6) is -0.0761. The minimum atomic E-state index is -0.878. The maximum Gasteiger partial charge on any atom is 0.319 e. The van der Waals surface area contributed by atoms with Crippen LogP contribution in [0.4, 0.5) is 19.0 Å². The minimum absolute atomic E-state index is 0. The van der Waals surface area contributed by atoms with Crippen LogP contribution in [0.1, 0.15) is 72.6 Å². The highest BCUT2D eigenvalue weighted by Gasteiger charge is 2.49. The molecule has 2 aromatic carbocycles. The molecule has 0 radical (unpaired) electrons. The molecule has 0 spiro atoms. The summed E-state index contributed by atoms with van der Waals surface area (Å²) in [5, 5.41) is 5.56. The van der Waals surface area contributed by atoms with E-state index in [0.717, 1.165) is 43.6 Å². The van der Waals surface area contributed by atoms with Gasteiger partial charge in [0.2, 0.25) is 0 Å². The number of aromatic nitrogens is 3. The van der Waals surface area contributed by atoms with Crippen molar-refractivity contribution in [3.8, 4) is 17.3 Å². The molecule has 0 amide bonds. The van der Waals surface area contributed by atoms with Gasteiger partial charge >= 0.3 is 6.01 Å². The summed E-state index contributed by atoms with van der Waals surface area (Å²) in [6.07, 6.45) is 2.02. The van der Waals surface area contributed by atoms with E-state index in [1.807, 2.05) is 39.8 Å². The van der Waals surface area contributed by atoms with Crippen molar-refractivity contribution in [2.75, 3.05) is 44.2 Å². The summed E-state index contributed by atoms with van der Waals surface area (Å²) in [7, 11) is 0. The number of rotatable bonds is 4. The van der Waals surface area contributed by atoms with Crippen molar-refractivity contribution in [2.45, 2.75) is 92.4 Å². The number of fused-ring (bicyclic) bond motifs is 4. The predicted octanol–water partition coefficient (Wildman–Crippen LogP) is 8.05. The van der Waals surface area contributed by atoms with Gasteiger partial charge in [0.05, 0.1) is 16.6 Å². The third-order valence-electron chi connectivity index (χ3n) is 10.3. The fourth-order valence-corrected chi connectivity index (χ4v) is 8.12. The van der Waals surface area contributed by atoms with Gasteiger partial charge in [-0.1, -0.05) is 66.3 Å². The first-order valence-corrected chi connectivity index (χ1v) is 17.4. The number of nitrogens with zero attached hydrogens (tertiary/aromatic N) is 5. The number of anilines is 1. The van der Waals surface area contributed by atoms with E-state index in [1.165, 1.54) is 6.07 Å². The first kappa shape index (κ1) is 35.8. The van der Waals surface area contributed by atoms with Crippen molar-refractivity contribution in [1.82, 2.24) is 25.2 Å². The van der Waals surface area contributed by atoms with Gasteiger partial charge in [-0.05, 0) is 61.1 Å². The SMILES string of the molecule is C.CC.CC.Cc1c(F)ccc2cccc(-c3nc4c5c(nc(OC[C@@]67CCCN6C[C@H](F)C7)nc5c3F)N3CCNC[C@H]3[C@H](C)C4)c12. The van der Waals surface area contributed by atoms with E-state index in [-0.39, 0.29) is 54.6 Å². The van der Waals surface area contributed by atoms with Crippen LogP contribution in [-0.4, -0.2) is 76.9 Å². The number of piperazine rings is 1. The Morgan fingerprint density at radius 2 is 1.81 bits per heavy atom. The highest BCUT2D eigenvalue weighted by Crippen LogP contribution is 2.43. The Morgan fingerprint density at radius 1 is 1.02 bits per heavy atom. The van der Waals surface area contributed by atoms with Crippen LogP contribution < -0.4 is 15.0 Å². The number of hydrogen-bond acceptors (Lipinski definition) is 7. The second-order valence-corrected chi connectivity index (χ2v) is 12.9. The van der Waals surface area contributed by atoms with Crippen molar-refractivity contribution in [3.05, 3.63) is 53.2 Å². The number of ether oxygens (including phenoxy) is 1. The second-order valence-electron chi connectivity index (χ2n) is 12.9. The Balaban J connectivity index is 0.000000870. The van der Waals surface area contributed by atoms with Gasteiger partial charge in [-0.2, -0.15) is 9.97 Å². The second kappa shape index (κ2) is 14.5. The molecule has 4 aliphatic rings. The maximum atomic E-state index is 16.9. The van der Waals surface area contributed by atoms with Gasteiger partial charge in [-0.25, -0.2) is 18.2 Å². The Hall–Kier alpha value is -3.50. The Labute approximate surface area is 283 Å². The quantitative estimate of drug-likeness (QED) is 0.237. The average molecular weight is 665 g/mol. The van der Waals surface area contributed by atoms with Gasteiger partial charge in [0.25, 0.3) is 0 Å². The molecule has 6 heterocycles. The van der Waals surface area contributed by atoms with Gasteiger partial charge in [0.15, 0.2) is 5.82 Å². The van der Waals surface area contributed by atoms with Crippen LogP contribution in [0.2, 0.25) is 0 Å². The summed E-state index contributed by atoms with van der Waals surface area (Å²) in [6, 6.07) is 8.93. The average Bonchev–Trinajstić information content (AvgIpc) is 3.59. The third kappa shape index (κ3) is 5.99. The van der Waals surface area contributed by atoms with E-state index in [9.17, 15) is 8.78 Å². The molecule has 7 nitrogen and oxygen atoms in total. The highest BCUT2D eigenvalue weighted by atomic mass is 19.1. The molecular formula is C38H51F3N6O. The molecule has 0 bridgehead atoms. The monoisotopic (exact) mass is 664 g/mol. The van der Waals surface area contributed by atoms with E-state index >= 15 is 4.39 Å². The number of hydrogen-bond donors (Lipinski definition) is 1. The number of aryl methyl sites for hydroxylation is 1. The highest BCUT2D eigenvalue weighted by molar-refractivity contribution is 6.01. The Morgan fingerprint density at radius 3 is 2.60 bits per heavy atom. The van der Waals surface area contributed by atoms with Crippen LogP contribution in [0.25, 0.3) is 32.9 Å². The summed E-state index contributed by atoms with van der Waals surface area (Å²) in [5.41, 5.74) is 1.65. The molecule has 10 heteroatoms. The zero-order valence-electron chi connectivity index (χ0n) is 28.5. The molecule has 4 aliphatic heterocycles. The zero-order chi connectivity index (χ0) is 33.5. The lowest BCUT2D eigenvalue weighted by Crippen LogP contribution is -2.54. The molecule has 0 unspecified atom stereocenters. The number of nitrogens with one attached hydrogen (secondary N) is 1. The Bertz CT molecular complexity index is 1770. The fraction of sp³-hybridized carbons (Fsp3) is 0.553. The fourth-order valence-electron chi connectivity index (χ4n) is 8.12. The van der Waals surface area contributed by atoms with Crippen LogP contribution in [0, 0.1) is 24.5 Å². The van der Waals surface area contributed by atoms with E-state index in [1.54, 1.807) is 19.1 Å². The normalized spacial score (nSPS) is 24.4. The summed E-state index contributed by atoms with van der Waals surface area (Å²) in [6.45, 7) is 15.7. The molecule has 260 valence electrons. The van der Waals surface area contributed by atoms with E-state index in [2.05, 4.69) is 22.0 Å². The minimum Gasteiger partial charge on any atom is -0.461 e. The van der Waals surface area contributed by atoms with E-state index in [4.69, 9.17) is 19.7 Å². The smallest absolute Gasteiger partial charge is 0.319 e. The summed E-state index contributed by atoms with van der Waals surface area (Å²) < 4.78 is 52.4. The first-order valence-electron chi connectivity index (χ1n) is 17.4. The molecular weight excluding hydrogens is 613 g/mol. The molecule has 48 heavy (non-hydrogen) atoms. The number of halogens is 3. The molecule has 8 rings (SSSR count). The largest absolute Gasteiger partial charge is 0.461 e. The van der Waals surface area contributed by atoms with Crippen LogP contribution in [0.5, 0.6) is 6.01 Å². The lowest BCUT2D eigenvalue weighted by molar-refractivity contribution is 0.107. The zero-order valence-corrected chi connectivity index (χ0v) is 28.5. The molecule has 2 aromatic heterocycles. The lowest BCUT2D eigenvalue weighted by atomic mass is 9.94. The van der Waals surface area contributed by atoms with Crippen molar-refractivity contribution in [3.63, 3.8) is 0 Å². The maximum absolute atomic E-state index is 16.9. The van der Waals surface area contributed by atoms with Crippen molar-refractivity contribution >= 4 is 27.5 Å². The van der Waals surface area contributed by atoms with E-state index < -0.39 is 12.0 Å². The summed E-state index contributed by atoms with van der Waals surface area (Å²) in [4.78, 5) is 19.0. The first-order chi connectivity index (χ1) is 22.8. The van der Waals surface area contributed by atoms with Gasteiger partial charge < -0.3 is 15.0 Å². The van der Waals surface area contributed by atoms with Crippen LogP contribution in [-0.2, 0) is 6.42 Å². The topological polar surface area (TPSA) is 66.4 Å². The van der Waals surface area contributed by atoms with Gasteiger partial charge in [-0.3, -0.25) is 4.90 Å². The van der Waals surface area contributed by atoms with Crippen molar-refractivity contribution in [2.24, 2.45) is 5.92 Å². The van der Waals surface area contributed by atoms with Crippen molar-refractivity contribution in [1.29, 1.82) is 0 Å². The number of alkyl halides is 1. The Kier molecular flexibility index (Phi) is 10.8. The molecule has 3 fully saturated rings. The third-order valence-corrected chi connectivity index (χ3v) is 10.3. The van der Waals surface area contributed by atoms with E-state index in [0.29, 0.717) is 53.6 Å². The molecule has 3 saturated heterocycles. The molecule has 4 aromatic rings.